The van der Waals surface area contributed by atoms with Crippen LogP contribution in [-0.2, 0) is 6.54 Å². The first-order valence-electron chi connectivity index (χ1n) is 5.98. The Balaban J connectivity index is 2.59. The van der Waals surface area contributed by atoms with Crippen molar-refractivity contribution < 1.29 is 0 Å². The molecule has 1 N–H and O–H groups in total. The molecule has 1 aromatic carbocycles. The van der Waals surface area contributed by atoms with Crippen LogP contribution < -0.4 is 10.2 Å². The first-order valence-corrected chi connectivity index (χ1v) is 5.98. The Morgan fingerprint density at radius 2 is 1.94 bits per heavy atom. The van der Waals surface area contributed by atoms with E-state index in [9.17, 15) is 0 Å². The van der Waals surface area contributed by atoms with Gasteiger partial charge in [-0.05, 0) is 36.6 Å². The summed E-state index contributed by atoms with van der Waals surface area (Å²) >= 11 is 0. The molecule has 2 nitrogen and oxygen atoms in total. The molecule has 0 aromatic heterocycles. The molecular formula is C14H24N2. The summed E-state index contributed by atoms with van der Waals surface area (Å²) in [4.78, 5) is 2.15. The van der Waals surface area contributed by atoms with Gasteiger partial charge in [-0.1, -0.05) is 26.0 Å². The maximum Gasteiger partial charge on any atom is 0.0390 e. The molecule has 90 valence electrons. The minimum Gasteiger partial charge on any atom is -0.377 e. The van der Waals surface area contributed by atoms with E-state index in [-0.39, 0.29) is 0 Å². The number of benzene rings is 1. The molecule has 0 aliphatic carbocycles. The van der Waals surface area contributed by atoms with Gasteiger partial charge in [-0.3, -0.25) is 0 Å². The Kier molecular flexibility index (Phi) is 4.81. The molecule has 0 unspecified atom stereocenters. The molecule has 0 amide bonds. The third-order valence-electron chi connectivity index (χ3n) is 2.62. The molecule has 0 fully saturated rings. The Morgan fingerprint density at radius 1 is 1.25 bits per heavy atom. The van der Waals surface area contributed by atoms with E-state index in [4.69, 9.17) is 0 Å². The van der Waals surface area contributed by atoms with Crippen LogP contribution in [0.3, 0.4) is 0 Å². The standard InChI is InChI=1S/C14H24N2/c1-11(2)9-15-10-13-6-7-14(16(4)5)12(3)8-13/h6-8,11,15H,9-10H2,1-5H3. The summed E-state index contributed by atoms with van der Waals surface area (Å²) in [6.07, 6.45) is 0. The fourth-order valence-corrected chi connectivity index (χ4v) is 1.83. The minimum atomic E-state index is 0.710. The maximum atomic E-state index is 3.46. The number of nitrogens with zero attached hydrogens (tertiary/aromatic N) is 1. The maximum absolute atomic E-state index is 3.46. The van der Waals surface area contributed by atoms with Crippen LogP contribution >= 0.6 is 0 Å². The molecule has 1 rings (SSSR count). The van der Waals surface area contributed by atoms with Gasteiger partial charge in [0, 0.05) is 26.3 Å². The molecule has 2 heteroatoms. The van der Waals surface area contributed by atoms with Crippen molar-refractivity contribution >= 4 is 5.69 Å². The smallest absolute Gasteiger partial charge is 0.0390 e. The van der Waals surface area contributed by atoms with E-state index in [1.165, 1.54) is 16.8 Å². The molecule has 0 saturated carbocycles. The summed E-state index contributed by atoms with van der Waals surface area (Å²) in [5.74, 6) is 0.710. The van der Waals surface area contributed by atoms with Crippen molar-refractivity contribution in [1.29, 1.82) is 0 Å². The second-order valence-electron chi connectivity index (χ2n) is 5.04. The quantitative estimate of drug-likeness (QED) is 0.821. The summed E-state index contributed by atoms with van der Waals surface area (Å²) in [5, 5.41) is 3.46. The molecule has 0 aliphatic heterocycles. The molecular weight excluding hydrogens is 196 g/mol. The van der Waals surface area contributed by atoms with E-state index in [0.29, 0.717) is 5.92 Å². The van der Waals surface area contributed by atoms with Crippen LogP contribution in [0.2, 0.25) is 0 Å². The Bertz CT molecular complexity index is 330. The van der Waals surface area contributed by atoms with Crippen LogP contribution in [-0.4, -0.2) is 20.6 Å². The van der Waals surface area contributed by atoms with Crippen LogP contribution in [0.15, 0.2) is 18.2 Å². The summed E-state index contributed by atoms with van der Waals surface area (Å²) < 4.78 is 0. The van der Waals surface area contributed by atoms with Crippen molar-refractivity contribution in [3.63, 3.8) is 0 Å². The van der Waals surface area contributed by atoms with E-state index < -0.39 is 0 Å². The number of aryl methyl sites for hydroxylation is 1. The minimum absolute atomic E-state index is 0.710. The van der Waals surface area contributed by atoms with Crippen molar-refractivity contribution in [2.24, 2.45) is 5.92 Å². The predicted octanol–water partition coefficient (Wildman–Crippen LogP) is 2.81. The molecule has 0 radical (unpaired) electrons. The third kappa shape index (κ3) is 3.86. The van der Waals surface area contributed by atoms with Crippen LogP contribution in [0.1, 0.15) is 25.0 Å². The van der Waals surface area contributed by atoms with Gasteiger partial charge in [-0.15, -0.1) is 0 Å². The molecule has 0 bridgehead atoms. The lowest BCUT2D eigenvalue weighted by molar-refractivity contribution is 0.552. The molecule has 0 atom stereocenters. The van der Waals surface area contributed by atoms with Gasteiger partial charge in [0.05, 0.1) is 0 Å². The second kappa shape index (κ2) is 5.90. The van der Waals surface area contributed by atoms with Gasteiger partial charge >= 0.3 is 0 Å². The predicted molar refractivity (Wildman–Crippen MR) is 72.1 cm³/mol. The van der Waals surface area contributed by atoms with E-state index in [1.807, 2.05) is 0 Å². The molecule has 0 spiro atoms. The van der Waals surface area contributed by atoms with Crippen molar-refractivity contribution in [1.82, 2.24) is 5.32 Å². The summed E-state index contributed by atoms with van der Waals surface area (Å²) in [6, 6.07) is 6.67. The van der Waals surface area contributed by atoms with Crippen LogP contribution in [0, 0.1) is 12.8 Å². The van der Waals surface area contributed by atoms with Gasteiger partial charge in [0.25, 0.3) is 0 Å². The van der Waals surface area contributed by atoms with E-state index in [0.717, 1.165) is 13.1 Å². The summed E-state index contributed by atoms with van der Waals surface area (Å²) in [5.41, 5.74) is 4.00. The summed E-state index contributed by atoms with van der Waals surface area (Å²) in [6.45, 7) is 8.67. The number of hydrogen-bond donors (Lipinski definition) is 1. The molecule has 16 heavy (non-hydrogen) atoms. The van der Waals surface area contributed by atoms with Crippen molar-refractivity contribution in [2.75, 3.05) is 25.5 Å². The lowest BCUT2D eigenvalue weighted by Crippen LogP contribution is -2.19. The van der Waals surface area contributed by atoms with Gasteiger partial charge in [0.1, 0.15) is 0 Å². The molecule has 1 aromatic rings. The lowest BCUT2D eigenvalue weighted by Gasteiger charge is -2.16. The van der Waals surface area contributed by atoms with Crippen LogP contribution in [0.25, 0.3) is 0 Å². The number of hydrogen-bond acceptors (Lipinski definition) is 2. The van der Waals surface area contributed by atoms with Crippen LogP contribution in [0.4, 0.5) is 5.69 Å². The zero-order valence-corrected chi connectivity index (χ0v) is 11.2. The van der Waals surface area contributed by atoms with E-state index in [1.54, 1.807) is 0 Å². The lowest BCUT2D eigenvalue weighted by atomic mass is 10.1. The van der Waals surface area contributed by atoms with Crippen LogP contribution in [0.5, 0.6) is 0 Å². The van der Waals surface area contributed by atoms with Gasteiger partial charge in [-0.2, -0.15) is 0 Å². The first kappa shape index (κ1) is 13.0. The highest BCUT2D eigenvalue weighted by Gasteiger charge is 2.01. The Morgan fingerprint density at radius 3 is 2.44 bits per heavy atom. The molecule has 0 saturated heterocycles. The second-order valence-corrected chi connectivity index (χ2v) is 5.04. The van der Waals surface area contributed by atoms with E-state index in [2.05, 4.69) is 63.3 Å². The monoisotopic (exact) mass is 220 g/mol. The van der Waals surface area contributed by atoms with Crippen molar-refractivity contribution in [3.8, 4) is 0 Å². The van der Waals surface area contributed by atoms with Gasteiger partial charge in [-0.25, -0.2) is 0 Å². The SMILES string of the molecule is Cc1cc(CNCC(C)C)ccc1N(C)C. The Hall–Kier alpha value is -1.02. The van der Waals surface area contributed by atoms with Gasteiger partial charge < -0.3 is 10.2 Å². The third-order valence-corrected chi connectivity index (χ3v) is 2.62. The summed E-state index contributed by atoms with van der Waals surface area (Å²) in [7, 11) is 4.16. The highest BCUT2D eigenvalue weighted by Crippen LogP contribution is 2.18. The largest absolute Gasteiger partial charge is 0.377 e. The van der Waals surface area contributed by atoms with Crippen molar-refractivity contribution in [3.05, 3.63) is 29.3 Å². The number of anilines is 1. The number of nitrogens with one attached hydrogen (secondary N) is 1. The topological polar surface area (TPSA) is 15.3 Å². The molecule has 0 aliphatic rings. The zero-order valence-electron chi connectivity index (χ0n) is 11.2. The molecule has 0 heterocycles. The van der Waals surface area contributed by atoms with E-state index >= 15 is 0 Å². The van der Waals surface area contributed by atoms with Gasteiger partial charge in [0.15, 0.2) is 0 Å². The highest BCUT2D eigenvalue weighted by molar-refractivity contribution is 5.53. The van der Waals surface area contributed by atoms with Crippen molar-refractivity contribution in [2.45, 2.75) is 27.3 Å². The fourth-order valence-electron chi connectivity index (χ4n) is 1.83. The highest BCUT2D eigenvalue weighted by atomic mass is 15.1. The zero-order chi connectivity index (χ0) is 12.1. The average molecular weight is 220 g/mol. The normalized spacial score (nSPS) is 10.9. The average Bonchev–Trinajstić information content (AvgIpc) is 2.16. The Labute approximate surface area is 99.7 Å². The van der Waals surface area contributed by atoms with Gasteiger partial charge in [0.2, 0.25) is 0 Å². The fraction of sp³-hybridized carbons (Fsp3) is 0.571. The first-order chi connectivity index (χ1) is 7.50. The number of rotatable bonds is 5.